The maximum absolute atomic E-state index is 12.2. The molecule has 0 aliphatic carbocycles. The molecule has 0 spiro atoms. The summed E-state index contributed by atoms with van der Waals surface area (Å²) in [6.07, 6.45) is -0.409. The summed E-state index contributed by atoms with van der Waals surface area (Å²) >= 11 is 5.80. The van der Waals surface area contributed by atoms with Crippen LogP contribution in [-0.2, 0) is 25.5 Å². The van der Waals surface area contributed by atoms with Crippen molar-refractivity contribution < 1.29 is 19.1 Å². The van der Waals surface area contributed by atoms with Crippen LogP contribution < -0.4 is 0 Å². The molecule has 1 fully saturated rings. The van der Waals surface area contributed by atoms with E-state index in [-0.39, 0.29) is 18.9 Å². The molecule has 0 aromatic heterocycles. The molecule has 2 rings (SSSR count). The van der Waals surface area contributed by atoms with E-state index in [1.54, 1.807) is 17.0 Å². The Kier molecular flexibility index (Phi) is 4.98. The molecule has 5 nitrogen and oxygen atoms in total. The average molecular weight is 298 g/mol. The van der Waals surface area contributed by atoms with E-state index < -0.39 is 12.1 Å². The number of hydrogen-bond acceptors (Lipinski definition) is 4. The molecule has 108 valence electrons. The van der Waals surface area contributed by atoms with Crippen LogP contribution in [0.2, 0.25) is 5.02 Å². The number of halogens is 1. The summed E-state index contributed by atoms with van der Waals surface area (Å²) in [7, 11) is 1.31. The van der Waals surface area contributed by atoms with E-state index in [2.05, 4.69) is 4.74 Å². The van der Waals surface area contributed by atoms with Gasteiger partial charge in [0, 0.05) is 11.6 Å². The van der Waals surface area contributed by atoms with Crippen molar-refractivity contribution >= 4 is 23.5 Å². The van der Waals surface area contributed by atoms with Crippen molar-refractivity contribution in [2.24, 2.45) is 0 Å². The van der Waals surface area contributed by atoms with Crippen LogP contribution in [0.25, 0.3) is 0 Å². The molecule has 1 aromatic carbocycles. The van der Waals surface area contributed by atoms with Crippen molar-refractivity contribution in [3.63, 3.8) is 0 Å². The minimum absolute atomic E-state index is 0.0375. The number of amides is 1. The summed E-state index contributed by atoms with van der Waals surface area (Å²) < 4.78 is 9.92. The predicted octanol–water partition coefficient (Wildman–Crippen LogP) is 1.28. The smallest absolute Gasteiger partial charge is 0.336 e. The molecule has 6 heteroatoms. The van der Waals surface area contributed by atoms with Crippen molar-refractivity contribution in [3.05, 3.63) is 34.9 Å². The van der Waals surface area contributed by atoms with Crippen molar-refractivity contribution in [2.75, 3.05) is 26.8 Å². The Morgan fingerprint density at radius 2 is 2.10 bits per heavy atom. The molecule has 1 unspecified atom stereocenters. The number of rotatable bonds is 3. The van der Waals surface area contributed by atoms with Gasteiger partial charge in [-0.1, -0.05) is 23.7 Å². The molecule has 20 heavy (non-hydrogen) atoms. The predicted molar refractivity (Wildman–Crippen MR) is 73.5 cm³/mol. The van der Waals surface area contributed by atoms with Gasteiger partial charge in [-0.15, -0.1) is 0 Å². The number of carbonyl (C=O) groups excluding carboxylic acids is 2. The van der Waals surface area contributed by atoms with E-state index in [1.807, 2.05) is 12.1 Å². The fourth-order valence-corrected chi connectivity index (χ4v) is 2.16. The summed E-state index contributed by atoms with van der Waals surface area (Å²) in [6.45, 7) is 1.06. The van der Waals surface area contributed by atoms with Gasteiger partial charge in [-0.3, -0.25) is 4.79 Å². The molecule has 0 radical (unpaired) electrons. The molecule has 1 atom stereocenters. The maximum Gasteiger partial charge on any atom is 0.336 e. The number of methoxy groups -OCH3 is 1. The Morgan fingerprint density at radius 3 is 2.75 bits per heavy atom. The minimum Gasteiger partial charge on any atom is -0.467 e. The number of nitrogens with zero attached hydrogens (tertiary/aromatic N) is 1. The lowest BCUT2D eigenvalue weighted by atomic mass is 10.1. The highest BCUT2D eigenvalue weighted by atomic mass is 35.5. The van der Waals surface area contributed by atoms with Gasteiger partial charge >= 0.3 is 5.97 Å². The lowest BCUT2D eigenvalue weighted by Gasteiger charge is -2.31. The van der Waals surface area contributed by atoms with E-state index in [1.165, 1.54) is 7.11 Å². The quantitative estimate of drug-likeness (QED) is 0.789. The second-order valence-corrected chi connectivity index (χ2v) is 4.96. The van der Waals surface area contributed by atoms with Crippen molar-refractivity contribution in [3.8, 4) is 0 Å². The number of ether oxygens (including phenoxy) is 2. The summed E-state index contributed by atoms with van der Waals surface area (Å²) in [5, 5.41) is 0.637. The molecule has 1 aromatic rings. The Morgan fingerprint density at radius 1 is 1.40 bits per heavy atom. The molecule has 1 aliphatic heterocycles. The second-order valence-electron chi connectivity index (χ2n) is 4.53. The monoisotopic (exact) mass is 297 g/mol. The molecule has 0 N–H and O–H groups in total. The average Bonchev–Trinajstić information content (AvgIpc) is 2.49. The van der Waals surface area contributed by atoms with Crippen LogP contribution in [0.5, 0.6) is 0 Å². The van der Waals surface area contributed by atoms with Gasteiger partial charge in [0.15, 0.2) is 6.10 Å². The normalized spacial score (nSPS) is 18.7. The molecule has 1 saturated heterocycles. The Balaban J connectivity index is 1.95. The van der Waals surface area contributed by atoms with Crippen LogP contribution in [0.1, 0.15) is 5.56 Å². The fraction of sp³-hybridized carbons (Fsp3) is 0.429. The third-order valence-corrected chi connectivity index (χ3v) is 3.40. The van der Waals surface area contributed by atoms with Crippen LogP contribution >= 0.6 is 11.6 Å². The summed E-state index contributed by atoms with van der Waals surface area (Å²) in [6, 6.07) is 7.14. The molecule has 0 saturated carbocycles. The third-order valence-electron chi connectivity index (χ3n) is 3.15. The van der Waals surface area contributed by atoms with Gasteiger partial charge in [-0.25, -0.2) is 4.79 Å². The first-order valence-corrected chi connectivity index (χ1v) is 6.69. The van der Waals surface area contributed by atoms with Crippen molar-refractivity contribution in [1.82, 2.24) is 4.90 Å². The van der Waals surface area contributed by atoms with E-state index in [0.717, 1.165) is 5.56 Å². The summed E-state index contributed by atoms with van der Waals surface area (Å²) in [5.41, 5.74) is 0.889. The van der Waals surface area contributed by atoms with Crippen LogP contribution in [-0.4, -0.2) is 49.7 Å². The fourth-order valence-electron chi connectivity index (χ4n) is 2.04. The van der Waals surface area contributed by atoms with Gasteiger partial charge in [-0.2, -0.15) is 0 Å². The van der Waals surface area contributed by atoms with Crippen LogP contribution in [0.4, 0.5) is 0 Å². The van der Waals surface area contributed by atoms with Gasteiger partial charge in [0.1, 0.15) is 0 Å². The Bertz CT molecular complexity index is 488. The number of morpholine rings is 1. The highest BCUT2D eigenvalue weighted by Crippen LogP contribution is 2.13. The molecular weight excluding hydrogens is 282 g/mol. The first-order valence-electron chi connectivity index (χ1n) is 6.32. The van der Waals surface area contributed by atoms with E-state index in [0.29, 0.717) is 18.2 Å². The highest BCUT2D eigenvalue weighted by Gasteiger charge is 2.29. The highest BCUT2D eigenvalue weighted by molar-refractivity contribution is 6.30. The Labute approximate surface area is 122 Å². The molecule has 0 bridgehead atoms. The maximum atomic E-state index is 12.2. The van der Waals surface area contributed by atoms with E-state index >= 15 is 0 Å². The zero-order valence-electron chi connectivity index (χ0n) is 11.2. The minimum atomic E-state index is -0.692. The van der Waals surface area contributed by atoms with Gasteiger partial charge in [0.05, 0.1) is 26.7 Å². The largest absolute Gasteiger partial charge is 0.467 e. The van der Waals surface area contributed by atoms with Crippen LogP contribution in [0.3, 0.4) is 0 Å². The zero-order valence-corrected chi connectivity index (χ0v) is 11.9. The Hall–Kier alpha value is -1.59. The molecular formula is C14H16ClNO4. The number of carbonyl (C=O) groups is 2. The van der Waals surface area contributed by atoms with E-state index in [4.69, 9.17) is 16.3 Å². The van der Waals surface area contributed by atoms with Gasteiger partial charge in [0.25, 0.3) is 0 Å². The first kappa shape index (κ1) is 14.8. The lowest BCUT2D eigenvalue weighted by Crippen LogP contribution is -2.49. The van der Waals surface area contributed by atoms with Gasteiger partial charge < -0.3 is 14.4 Å². The van der Waals surface area contributed by atoms with Crippen LogP contribution in [0, 0.1) is 0 Å². The lowest BCUT2D eigenvalue weighted by molar-refractivity contribution is -0.162. The topological polar surface area (TPSA) is 55.8 Å². The van der Waals surface area contributed by atoms with Crippen molar-refractivity contribution in [1.29, 1.82) is 0 Å². The number of benzene rings is 1. The first-order chi connectivity index (χ1) is 9.60. The molecule has 1 heterocycles. The number of hydrogen-bond donors (Lipinski definition) is 0. The van der Waals surface area contributed by atoms with Crippen molar-refractivity contribution in [2.45, 2.75) is 12.5 Å². The van der Waals surface area contributed by atoms with Gasteiger partial charge in [-0.05, 0) is 17.7 Å². The third kappa shape index (κ3) is 3.71. The number of esters is 1. The molecule has 1 aliphatic rings. The molecule has 1 amide bonds. The second kappa shape index (κ2) is 6.72. The summed E-state index contributed by atoms with van der Waals surface area (Å²) in [4.78, 5) is 25.2. The standard InChI is InChI=1S/C14H16ClNO4/c1-19-14(18)12-9-16(6-7-20-12)13(17)8-10-2-4-11(15)5-3-10/h2-5,12H,6-9H2,1H3. The SMILES string of the molecule is COC(=O)C1CN(C(=O)Cc2ccc(Cl)cc2)CCO1. The van der Waals surface area contributed by atoms with E-state index in [9.17, 15) is 9.59 Å². The van der Waals surface area contributed by atoms with Gasteiger partial charge in [0.2, 0.25) is 5.91 Å². The summed E-state index contributed by atoms with van der Waals surface area (Å²) in [5.74, 6) is -0.487. The zero-order chi connectivity index (χ0) is 14.5. The van der Waals surface area contributed by atoms with Crippen LogP contribution in [0.15, 0.2) is 24.3 Å².